The molecule has 3 N–H and O–H groups in total. The second-order valence-corrected chi connectivity index (χ2v) is 4.85. The summed E-state index contributed by atoms with van der Waals surface area (Å²) in [5.41, 5.74) is 4.93. The quantitative estimate of drug-likeness (QED) is 0.608. The number of hydrogen-bond acceptors (Lipinski definition) is 3. The lowest BCUT2D eigenvalue weighted by Gasteiger charge is -2.38. The van der Waals surface area contributed by atoms with Crippen molar-refractivity contribution in [3.05, 3.63) is 34.7 Å². The average molecular weight is 232 g/mol. The van der Waals surface area contributed by atoms with E-state index in [0.29, 0.717) is 5.95 Å². The van der Waals surface area contributed by atoms with Crippen LogP contribution in [0.1, 0.15) is 34.6 Å². The van der Waals surface area contributed by atoms with E-state index in [0.717, 1.165) is 0 Å². The molecule has 0 fully saturated rings. The fourth-order valence-corrected chi connectivity index (χ4v) is 2.54. The first kappa shape index (κ1) is 11.9. The number of H-pyrrole nitrogens is 1. The molecule has 0 atom stereocenters. The Labute approximate surface area is 102 Å². The zero-order chi connectivity index (χ0) is 12.8. The maximum absolute atomic E-state index is 6.26. The molecule has 4 nitrogen and oxygen atoms in total. The van der Waals surface area contributed by atoms with Gasteiger partial charge >= 0.3 is 0 Å². The van der Waals surface area contributed by atoms with Crippen molar-refractivity contribution in [2.45, 2.75) is 40.2 Å². The lowest BCUT2D eigenvalue weighted by Crippen LogP contribution is -2.52. The highest BCUT2D eigenvalue weighted by Gasteiger charge is 2.41. The van der Waals surface area contributed by atoms with E-state index < -0.39 is 0 Å². The monoisotopic (exact) mass is 232 g/mol. The van der Waals surface area contributed by atoms with Crippen LogP contribution in [0.5, 0.6) is 0 Å². The molecule has 1 aromatic rings. The fraction of sp³-hybridized carbons (Fsp3) is 0.462. The molecule has 0 saturated carbocycles. The fourth-order valence-electron chi connectivity index (χ4n) is 2.54. The van der Waals surface area contributed by atoms with Gasteiger partial charge in [-0.15, -0.1) is 0 Å². The summed E-state index contributed by atoms with van der Waals surface area (Å²) in [5, 5.41) is 1.72. The number of aromatic nitrogens is 2. The molecule has 0 amide bonds. The Morgan fingerprint density at radius 3 is 2.12 bits per heavy atom. The predicted octanol–water partition coefficient (Wildman–Crippen LogP) is 2.53. The first-order valence-electron chi connectivity index (χ1n) is 5.81. The molecule has 1 aliphatic rings. The lowest BCUT2D eigenvalue weighted by molar-refractivity contribution is 0.564. The Bertz CT molecular complexity index is 469. The number of rotatable bonds is 2. The number of nitrogens with two attached hydrogens (primary N) is 1. The molecule has 0 unspecified atom stereocenters. The Morgan fingerprint density at radius 2 is 1.71 bits per heavy atom. The molecule has 0 aromatic carbocycles. The molecule has 0 aliphatic heterocycles. The van der Waals surface area contributed by atoms with Gasteiger partial charge < -0.3 is 4.98 Å². The van der Waals surface area contributed by atoms with Crippen molar-refractivity contribution >= 4 is 5.95 Å². The highest BCUT2D eigenvalue weighted by Crippen LogP contribution is 2.43. The molecule has 4 heteroatoms. The van der Waals surface area contributed by atoms with Crippen LogP contribution in [0.2, 0.25) is 0 Å². The summed E-state index contributed by atoms with van der Waals surface area (Å²) >= 11 is 0. The van der Waals surface area contributed by atoms with Gasteiger partial charge in [-0.3, -0.25) is 5.01 Å². The van der Waals surface area contributed by atoms with Gasteiger partial charge in [0.05, 0.1) is 5.54 Å². The van der Waals surface area contributed by atoms with E-state index in [1.54, 1.807) is 17.4 Å². The van der Waals surface area contributed by atoms with Gasteiger partial charge in [0.15, 0.2) is 0 Å². The van der Waals surface area contributed by atoms with Gasteiger partial charge in [-0.2, -0.15) is 0 Å². The molecule has 0 saturated heterocycles. The van der Waals surface area contributed by atoms with Crippen LogP contribution >= 0.6 is 0 Å². The number of anilines is 1. The third-order valence-electron chi connectivity index (χ3n) is 4.34. The first-order valence-corrected chi connectivity index (χ1v) is 5.81. The average Bonchev–Trinajstić information content (AvgIpc) is 2.90. The van der Waals surface area contributed by atoms with Gasteiger partial charge in [0.1, 0.15) is 0 Å². The van der Waals surface area contributed by atoms with Crippen LogP contribution in [-0.4, -0.2) is 15.5 Å². The Balaban J connectivity index is 2.51. The summed E-state index contributed by atoms with van der Waals surface area (Å²) in [6.45, 7) is 10.7. The standard InChI is InChI=1S/C13H20N4/c1-8-9(2)11(4)13(5,10(8)3)17(14)12-15-6-7-16-12/h6-7H,14H2,1-5H3,(H,15,16). The molecular formula is C13H20N4. The summed E-state index contributed by atoms with van der Waals surface area (Å²) in [4.78, 5) is 7.28. The van der Waals surface area contributed by atoms with Crippen molar-refractivity contribution in [1.82, 2.24) is 9.97 Å². The number of hydrazine groups is 1. The van der Waals surface area contributed by atoms with Crippen molar-refractivity contribution in [3.63, 3.8) is 0 Å². The van der Waals surface area contributed by atoms with E-state index in [1.165, 1.54) is 22.3 Å². The second-order valence-electron chi connectivity index (χ2n) is 4.85. The van der Waals surface area contributed by atoms with Gasteiger partial charge in [0, 0.05) is 12.4 Å². The van der Waals surface area contributed by atoms with E-state index in [1.807, 2.05) is 0 Å². The Morgan fingerprint density at radius 1 is 1.18 bits per heavy atom. The number of aromatic amines is 1. The number of hydrogen-bond donors (Lipinski definition) is 2. The summed E-state index contributed by atoms with van der Waals surface area (Å²) in [6, 6.07) is 0. The molecule has 1 aliphatic carbocycles. The van der Waals surface area contributed by atoms with Crippen molar-refractivity contribution in [3.8, 4) is 0 Å². The van der Waals surface area contributed by atoms with E-state index in [-0.39, 0.29) is 5.54 Å². The molecule has 17 heavy (non-hydrogen) atoms. The topological polar surface area (TPSA) is 57.9 Å². The van der Waals surface area contributed by atoms with E-state index >= 15 is 0 Å². The van der Waals surface area contributed by atoms with Crippen LogP contribution in [0.4, 0.5) is 5.95 Å². The summed E-state index contributed by atoms with van der Waals surface area (Å²) in [6.07, 6.45) is 3.50. The Hall–Kier alpha value is -1.55. The Kier molecular flexibility index (Phi) is 2.62. The zero-order valence-electron chi connectivity index (χ0n) is 11.1. The van der Waals surface area contributed by atoms with Crippen molar-refractivity contribution in [2.24, 2.45) is 5.84 Å². The second kappa shape index (κ2) is 3.74. The van der Waals surface area contributed by atoms with Gasteiger partial charge in [0.2, 0.25) is 5.95 Å². The summed E-state index contributed by atoms with van der Waals surface area (Å²) in [5.74, 6) is 6.94. The summed E-state index contributed by atoms with van der Waals surface area (Å²) < 4.78 is 0. The van der Waals surface area contributed by atoms with Crippen LogP contribution in [-0.2, 0) is 0 Å². The SMILES string of the molecule is CC1=C(C)C(C)(N(N)c2ncc[nH]2)C(C)=C1C. The van der Waals surface area contributed by atoms with Crippen LogP contribution < -0.4 is 10.9 Å². The number of nitrogens with one attached hydrogen (secondary N) is 1. The lowest BCUT2D eigenvalue weighted by atomic mass is 9.88. The normalized spacial score (nSPS) is 19.2. The van der Waals surface area contributed by atoms with Gasteiger partial charge in [-0.05, 0) is 56.9 Å². The molecule has 2 rings (SSSR count). The van der Waals surface area contributed by atoms with Crippen molar-refractivity contribution in [2.75, 3.05) is 5.01 Å². The van der Waals surface area contributed by atoms with Crippen molar-refractivity contribution in [1.29, 1.82) is 0 Å². The van der Waals surface area contributed by atoms with Gasteiger partial charge in [0.25, 0.3) is 0 Å². The number of allylic oxidation sites excluding steroid dienone is 2. The van der Waals surface area contributed by atoms with Crippen molar-refractivity contribution < 1.29 is 0 Å². The number of imidazole rings is 1. The highest BCUT2D eigenvalue weighted by atomic mass is 15.5. The van der Waals surface area contributed by atoms with Crippen LogP contribution in [0, 0.1) is 0 Å². The minimum absolute atomic E-state index is 0.286. The molecule has 92 valence electrons. The molecule has 1 heterocycles. The molecule has 0 bridgehead atoms. The highest BCUT2D eigenvalue weighted by molar-refractivity contribution is 5.59. The maximum Gasteiger partial charge on any atom is 0.218 e. The predicted molar refractivity (Wildman–Crippen MR) is 70.4 cm³/mol. The van der Waals surface area contributed by atoms with Crippen LogP contribution in [0.3, 0.4) is 0 Å². The third kappa shape index (κ3) is 1.44. The molecule has 1 aromatic heterocycles. The molecule has 0 radical (unpaired) electrons. The zero-order valence-corrected chi connectivity index (χ0v) is 11.1. The maximum atomic E-state index is 6.26. The summed E-state index contributed by atoms with van der Waals surface area (Å²) in [7, 11) is 0. The van der Waals surface area contributed by atoms with E-state index in [4.69, 9.17) is 5.84 Å². The van der Waals surface area contributed by atoms with Gasteiger partial charge in [-0.1, -0.05) is 0 Å². The largest absolute Gasteiger partial charge is 0.330 e. The first-order chi connectivity index (χ1) is 7.90. The van der Waals surface area contributed by atoms with E-state index in [9.17, 15) is 0 Å². The van der Waals surface area contributed by atoms with Crippen LogP contribution in [0.25, 0.3) is 0 Å². The molecular weight excluding hydrogens is 212 g/mol. The van der Waals surface area contributed by atoms with Gasteiger partial charge in [-0.25, -0.2) is 10.8 Å². The smallest absolute Gasteiger partial charge is 0.218 e. The minimum atomic E-state index is -0.286. The van der Waals surface area contributed by atoms with Crippen LogP contribution in [0.15, 0.2) is 34.7 Å². The number of nitrogens with zero attached hydrogens (tertiary/aromatic N) is 2. The molecule has 0 spiro atoms. The third-order valence-corrected chi connectivity index (χ3v) is 4.34. The minimum Gasteiger partial charge on any atom is -0.330 e. The van der Waals surface area contributed by atoms with E-state index in [2.05, 4.69) is 44.6 Å².